The first-order valence-corrected chi connectivity index (χ1v) is 11.8. The minimum absolute atomic E-state index is 0.119. The van der Waals surface area contributed by atoms with Gasteiger partial charge in [0.15, 0.2) is 5.54 Å². The van der Waals surface area contributed by atoms with Crippen LogP contribution in [-0.4, -0.2) is 89.1 Å². The average Bonchev–Trinajstić information content (AvgIpc) is 3.54. The molecule has 0 aliphatic carbocycles. The normalized spacial score (nSPS) is 22.1. The average molecular weight is 558 g/mol. The molecule has 0 saturated carbocycles. The Labute approximate surface area is 227 Å². The quantitative estimate of drug-likeness (QED) is 0.353. The largest absolute Gasteiger partial charge is 0.469 e. The SMILES string of the molecule is COC(=O)c1cc2n(c1C(=O)OC)-c1ccccc1N1[C@H](C(=O)OC)[C@H](C(=O)OC)[C@H](C(=O)OC)[C@@]21C(=O)OC. The van der Waals surface area contributed by atoms with Crippen LogP contribution in [0.1, 0.15) is 26.5 Å². The number of para-hydroxylation sites is 2. The maximum Gasteiger partial charge on any atom is 0.355 e. The molecule has 1 aromatic heterocycles. The van der Waals surface area contributed by atoms with Crippen LogP contribution in [0, 0.1) is 11.8 Å². The molecule has 3 heterocycles. The van der Waals surface area contributed by atoms with Gasteiger partial charge in [-0.1, -0.05) is 12.1 Å². The number of hydrogen-bond donors (Lipinski definition) is 0. The lowest BCUT2D eigenvalue weighted by molar-refractivity contribution is -0.165. The summed E-state index contributed by atoms with van der Waals surface area (Å²) in [5.74, 6) is -9.59. The van der Waals surface area contributed by atoms with Crippen LogP contribution < -0.4 is 4.90 Å². The van der Waals surface area contributed by atoms with Crippen LogP contribution in [0.25, 0.3) is 5.69 Å². The van der Waals surface area contributed by atoms with Gasteiger partial charge in [0, 0.05) is 0 Å². The summed E-state index contributed by atoms with van der Waals surface area (Å²) in [6, 6.07) is 5.75. The van der Waals surface area contributed by atoms with E-state index >= 15 is 0 Å². The second-order valence-corrected chi connectivity index (χ2v) is 8.74. The molecule has 4 atom stereocenters. The van der Waals surface area contributed by atoms with Crippen LogP contribution in [0.2, 0.25) is 0 Å². The summed E-state index contributed by atoms with van der Waals surface area (Å²) in [5, 5.41) is 0. The Hall–Kier alpha value is -4.88. The van der Waals surface area contributed by atoms with E-state index in [-0.39, 0.29) is 28.3 Å². The van der Waals surface area contributed by atoms with Gasteiger partial charge in [0.1, 0.15) is 23.6 Å². The number of ether oxygens (including phenoxy) is 6. The van der Waals surface area contributed by atoms with E-state index in [9.17, 15) is 28.8 Å². The van der Waals surface area contributed by atoms with Crippen LogP contribution in [0.4, 0.5) is 5.69 Å². The van der Waals surface area contributed by atoms with Gasteiger partial charge >= 0.3 is 35.8 Å². The van der Waals surface area contributed by atoms with E-state index < -0.39 is 59.2 Å². The zero-order valence-electron chi connectivity index (χ0n) is 22.4. The molecule has 0 N–H and O–H groups in total. The van der Waals surface area contributed by atoms with E-state index in [4.69, 9.17) is 28.4 Å². The van der Waals surface area contributed by atoms with E-state index in [0.29, 0.717) is 0 Å². The van der Waals surface area contributed by atoms with Crippen LogP contribution in [0.5, 0.6) is 0 Å². The van der Waals surface area contributed by atoms with Crippen molar-refractivity contribution in [3.8, 4) is 5.69 Å². The highest BCUT2D eigenvalue weighted by Crippen LogP contribution is 2.58. The molecular formula is C26H26N2O12. The minimum atomic E-state index is -2.36. The number of nitrogens with zero attached hydrogens (tertiary/aromatic N) is 2. The molecule has 2 aliphatic heterocycles. The molecule has 40 heavy (non-hydrogen) atoms. The molecule has 4 rings (SSSR count). The van der Waals surface area contributed by atoms with Crippen molar-refractivity contribution in [1.82, 2.24) is 4.57 Å². The Morgan fingerprint density at radius 2 is 1.27 bits per heavy atom. The summed E-state index contributed by atoms with van der Waals surface area (Å²) in [4.78, 5) is 81.6. The molecule has 0 amide bonds. The van der Waals surface area contributed by atoms with Gasteiger partial charge in [-0.05, 0) is 18.2 Å². The molecule has 1 aromatic carbocycles. The number of anilines is 1. The Balaban J connectivity index is 2.31. The monoisotopic (exact) mass is 558 g/mol. The topological polar surface area (TPSA) is 166 Å². The van der Waals surface area contributed by atoms with Crippen molar-refractivity contribution in [2.45, 2.75) is 11.6 Å². The molecule has 2 aromatic rings. The lowest BCUT2D eigenvalue weighted by Gasteiger charge is -2.45. The summed E-state index contributed by atoms with van der Waals surface area (Å²) < 4.78 is 31.3. The van der Waals surface area contributed by atoms with E-state index in [2.05, 4.69) is 0 Å². The number of fused-ring (bicyclic) bond motifs is 6. The fraction of sp³-hybridized carbons (Fsp3) is 0.385. The summed E-state index contributed by atoms with van der Waals surface area (Å²) in [7, 11) is 6.38. The van der Waals surface area contributed by atoms with Gasteiger partial charge in [0.05, 0.1) is 65.3 Å². The second-order valence-electron chi connectivity index (χ2n) is 8.74. The van der Waals surface area contributed by atoms with Gasteiger partial charge in [-0.25, -0.2) is 19.2 Å². The van der Waals surface area contributed by atoms with Gasteiger partial charge in [-0.15, -0.1) is 0 Å². The zero-order valence-corrected chi connectivity index (χ0v) is 22.4. The summed E-state index contributed by atoms with van der Waals surface area (Å²) in [5.41, 5.74) is -2.86. The van der Waals surface area contributed by atoms with E-state index in [0.717, 1.165) is 48.7 Å². The number of benzene rings is 1. The van der Waals surface area contributed by atoms with Gasteiger partial charge in [-0.2, -0.15) is 0 Å². The van der Waals surface area contributed by atoms with Gasteiger partial charge in [-0.3, -0.25) is 9.59 Å². The Morgan fingerprint density at radius 1 is 0.700 bits per heavy atom. The fourth-order valence-corrected chi connectivity index (χ4v) is 5.76. The number of esters is 6. The van der Waals surface area contributed by atoms with Crippen molar-refractivity contribution >= 4 is 41.5 Å². The number of aromatic nitrogens is 1. The number of carbonyl (C=O) groups is 6. The molecule has 0 radical (unpaired) electrons. The molecule has 1 saturated heterocycles. The standard InChI is InChI=1S/C26H26N2O12/c1-35-20(29)12-11-15-26(25(34)40-6)17(22(31)37-3)16(21(30)36-2)19(24(33)39-5)28(26)14-10-8-7-9-13(14)27(15)18(12)23(32)38-4/h7-11,16-17,19H,1-6H3/t16-,17-,19+,26-/m1/s1. The molecule has 212 valence electrons. The zero-order chi connectivity index (χ0) is 29.5. The fourth-order valence-electron chi connectivity index (χ4n) is 5.76. The maximum atomic E-state index is 14.1. The molecule has 0 spiro atoms. The lowest BCUT2D eigenvalue weighted by atomic mass is 9.75. The summed E-state index contributed by atoms with van der Waals surface area (Å²) >= 11 is 0. The Kier molecular flexibility index (Phi) is 7.28. The molecule has 14 heteroatoms. The van der Waals surface area contributed by atoms with Crippen LogP contribution in [0.3, 0.4) is 0 Å². The van der Waals surface area contributed by atoms with E-state index in [1.165, 1.54) is 15.5 Å². The first-order valence-electron chi connectivity index (χ1n) is 11.8. The maximum absolute atomic E-state index is 14.1. The predicted octanol–water partition coefficient (Wildman–Crippen LogP) is 0.372. The third-order valence-electron chi connectivity index (χ3n) is 7.23. The Morgan fingerprint density at radius 3 is 1.80 bits per heavy atom. The highest BCUT2D eigenvalue weighted by atomic mass is 16.6. The van der Waals surface area contributed by atoms with Crippen molar-refractivity contribution < 1.29 is 57.2 Å². The molecular weight excluding hydrogens is 532 g/mol. The number of hydrogen-bond acceptors (Lipinski definition) is 13. The van der Waals surface area contributed by atoms with Gasteiger partial charge in [0.2, 0.25) is 0 Å². The third-order valence-corrected chi connectivity index (χ3v) is 7.23. The highest BCUT2D eigenvalue weighted by Gasteiger charge is 2.74. The molecule has 0 unspecified atom stereocenters. The number of methoxy groups -OCH3 is 6. The number of carbonyl (C=O) groups excluding carboxylic acids is 6. The molecule has 2 aliphatic rings. The minimum Gasteiger partial charge on any atom is -0.469 e. The van der Waals surface area contributed by atoms with Gasteiger partial charge < -0.3 is 37.9 Å². The van der Waals surface area contributed by atoms with Crippen LogP contribution in [-0.2, 0) is 53.1 Å². The van der Waals surface area contributed by atoms with E-state index in [1.807, 2.05) is 0 Å². The van der Waals surface area contributed by atoms with Crippen molar-refractivity contribution in [2.24, 2.45) is 11.8 Å². The van der Waals surface area contributed by atoms with Crippen molar-refractivity contribution in [3.63, 3.8) is 0 Å². The summed E-state index contributed by atoms with van der Waals surface area (Å²) in [6.45, 7) is 0. The van der Waals surface area contributed by atoms with E-state index in [1.54, 1.807) is 18.2 Å². The third kappa shape index (κ3) is 3.55. The first kappa shape index (κ1) is 28.1. The van der Waals surface area contributed by atoms with Crippen molar-refractivity contribution in [1.29, 1.82) is 0 Å². The molecule has 0 bridgehead atoms. The number of rotatable bonds is 6. The predicted molar refractivity (Wildman–Crippen MR) is 131 cm³/mol. The summed E-state index contributed by atoms with van der Waals surface area (Å²) in [6.07, 6.45) is 0. The van der Waals surface area contributed by atoms with Crippen LogP contribution in [0.15, 0.2) is 30.3 Å². The smallest absolute Gasteiger partial charge is 0.355 e. The van der Waals surface area contributed by atoms with Crippen LogP contribution >= 0.6 is 0 Å². The highest BCUT2D eigenvalue weighted by molar-refractivity contribution is 6.08. The van der Waals surface area contributed by atoms with Gasteiger partial charge in [0.25, 0.3) is 0 Å². The van der Waals surface area contributed by atoms with Crippen molar-refractivity contribution in [3.05, 3.63) is 47.3 Å². The lowest BCUT2D eigenvalue weighted by Crippen LogP contribution is -2.60. The molecule has 1 fully saturated rings. The van der Waals surface area contributed by atoms with Crippen molar-refractivity contribution in [2.75, 3.05) is 47.6 Å². The molecule has 14 nitrogen and oxygen atoms in total. The Bertz CT molecular complexity index is 1430. The second kappa shape index (κ2) is 10.4. The first-order chi connectivity index (χ1) is 19.1.